The van der Waals surface area contributed by atoms with Crippen molar-refractivity contribution in [3.63, 3.8) is 0 Å². The van der Waals surface area contributed by atoms with Gasteiger partial charge >= 0.3 is 0 Å². The molecule has 0 saturated carbocycles. The predicted molar refractivity (Wildman–Crippen MR) is 88.9 cm³/mol. The lowest BCUT2D eigenvalue weighted by atomic mass is 10.2. The Morgan fingerprint density at radius 1 is 1.04 bits per heavy atom. The Morgan fingerprint density at radius 2 is 1.83 bits per heavy atom. The topological polar surface area (TPSA) is 65.4 Å². The smallest absolute Gasteiger partial charge is 0.274 e. The van der Waals surface area contributed by atoms with Gasteiger partial charge in [0.2, 0.25) is 0 Å². The number of imidazole rings is 1. The van der Waals surface area contributed by atoms with Gasteiger partial charge in [0.25, 0.3) is 5.91 Å². The fourth-order valence-corrected chi connectivity index (χ4v) is 2.57. The van der Waals surface area contributed by atoms with Crippen LogP contribution in [-0.2, 0) is 0 Å². The summed E-state index contributed by atoms with van der Waals surface area (Å²) in [6.07, 6.45) is 3.16. The number of fused-ring (bicyclic) bond motifs is 1. The van der Waals surface area contributed by atoms with Crippen LogP contribution in [0.3, 0.4) is 0 Å². The molecule has 0 spiro atoms. The van der Waals surface area contributed by atoms with E-state index in [0.29, 0.717) is 36.1 Å². The van der Waals surface area contributed by atoms with Crippen molar-refractivity contribution < 1.29 is 14.3 Å². The maximum absolute atomic E-state index is 12.6. The molecule has 24 heavy (non-hydrogen) atoms. The Labute approximate surface area is 138 Å². The van der Waals surface area contributed by atoms with E-state index < -0.39 is 0 Å². The van der Waals surface area contributed by atoms with E-state index in [1.165, 1.54) is 0 Å². The zero-order chi connectivity index (χ0) is 16.4. The van der Waals surface area contributed by atoms with Gasteiger partial charge in [-0.15, -0.1) is 0 Å². The van der Waals surface area contributed by atoms with Gasteiger partial charge in [0.15, 0.2) is 11.5 Å². The molecule has 3 aromatic rings. The normalized spacial score (nSPS) is 12.7. The molecule has 0 radical (unpaired) electrons. The number of rotatable bonds is 3. The van der Waals surface area contributed by atoms with Crippen LogP contribution in [-0.4, -0.2) is 28.7 Å². The van der Waals surface area contributed by atoms with Gasteiger partial charge in [0, 0.05) is 17.4 Å². The van der Waals surface area contributed by atoms with E-state index in [4.69, 9.17) is 9.47 Å². The number of aromatic nitrogens is 2. The summed E-state index contributed by atoms with van der Waals surface area (Å²) in [4.78, 5) is 16.7. The average Bonchev–Trinajstić information content (AvgIpc) is 3.12. The number of hydrogen-bond donors (Lipinski definition) is 1. The molecular formula is C18H15N3O3. The molecule has 2 heterocycles. The second-order valence-electron chi connectivity index (χ2n) is 5.30. The molecule has 0 bridgehead atoms. The number of anilines is 1. The first-order valence-corrected chi connectivity index (χ1v) is 7.60. The minimum Gasteiger partial charge on any atom is -0.486 e. The minimum atomic E-state index is -0.243. The molecule has 120 valence electrons. The van der Waals surface area contributed by atoms with Crippen LogP contribution in [0.2, 0.25) is 0 Å². The van der Waals surface area contributed by atoms with Gasteiger partial charge < -0.3 is 14.8 Å². The lowest BCUT2D eigenvalue weighted by Gasteiger charge is -2.19. The lowest BCUT2D eigenvalue weighted by molar-refractivity contribution is 0.102. The van der Waals surface area contributed by atoms with Crippen molar-refractivity contribution in [2.45, 2.75) is 0 Å². The molecule has 1 amide bonds. The predicted octanol–water partition coefficient (Wildman–Crippen LogP) is 2.90. The molecule has 0 atom stereocenters. The summed E-state index contributed by atoms with van der Waals surface area (Å²) in [5, 5.41) is 2.87. The van der Waals surface area contributed by atoms with Gasteiger partial charge in [0.05, 0.1) is 12.5 Å². The number of hydrogen-bond acceptors (Lipinski definition) is 4. The highest BCUT2D eigenvalue weighted by molar-refractivity contribution is 6.03. The first kappa shape index (κ1) is 14.3. The van der Waals surface area contributed by atoms with Crippen molar-refractivity contribution in [2.75, 3.05) is 18.5 Å². The Morgan fingerprint density at radius 3 is 2.67 bits per heavy atom. The lowest BCUT2D eigenvalue weighted by Crippen LogP contribution is -2.18. The van der Waals surface area contributed by atoms with Crippen LogP contribution in [0.5, 0.6) is 11.5 Å². The van der Waals surface area contributed by atoms with Gasteiger partial charge in [-0.05, 0) is 24.3 Å². The van der Waals surface area contributed by atoms with Crippen molar-refractivity contribution in [3.8, 4) is 17.2 Å². The van der Waals surface area contributed by atoms with Crippen molar-refractivity contribution in [1.82, 2.24) is 9.55 Å². The second kappa shape index (κ2) is 6.08. The maximum atomic E-state index is 12.6. The SMILES string of the molecule is O=C(Nc1ccc2c(c1)OCCO2)c1cncn1-c1ccccc1. The molecule has 6 heteroatoms. The van der Waals surface area contributed by atoms with Crippen LogP contribution in [0, 0.1) is 0 Å². The molecule has 0 fully saturated rings. The molecule has 1 aliphatic rings. The Hall–Kier alpha value is -3.28. The van der Waals surface area contributed by atoms with Gasteiger partial charge in [-0.25, -0.2) is 4.98 Å². The number of benzene rings is 2. The second-order valence-corrected chi connectivity index (χ2v) is 5.30. The molecule has 6 nitrogen and oxygen atoms in total. The van der Waals surface area contributed by atoms with E-state index in [1.54, 1.807) is 35.3 Å². The van der Waals surface area contributed by atoms with E-state index in [2.05, 4.69) is 10.3 Å². The van der Waals surface area contributed by atoms with Crippen molar-refractivity contribution >= 4 is 11.6 Å². The third kappa shape index (κ3) is 2.69. The van der Waals surface area contributed by atoms with E-state index in [-0.39, 0.29) is 5.91 Å². The third-order valence-electron chi connectivity index (χ3n) is 3.71. The zero-order valence-electron chi connectivity index (χ0n) is 12.8. The maximum Gasteiger partial charge on any atom is 0.274 e. The summed E-state index contributed by atoms with van der Waals surface area (Å²) in [6.45, 7) is 1.04. The number of ether oxygens (including phenoxy) is 2. The van der Waals surface area contributed by atoms with Gasteiger partial charge in [-0.3, -0.25) is 9.36 Å². The number of carbonyl (C=O) groups excluding carboxylic acids is 1. The standard InChI is InChI=1S/C18H15N3O3/c22-18(15-11-19-12-21(15)14-4-2-1-3-5-14)20-13-6-7-16-17(10-13)24-9-8-23-16/h1-7,10-12H,8-9H2,(H,20,22). The molecule has 0 aliphatic carbocycles. The zero-order valence-corrected chi connectivity index (χ0v) is 12.8. The summed E-state index contributed by atoms with van der Waals surface area (Å²) in [5.41, 5.74) is 1.98. The number of amides is 1. The summed E-state index contributed by atoms with van der Waals surface area (Å²) in [7, 11) is 0. The van der Waals surface area contributed by atoms with E-state index in [0.717, 1.165) is 5.69 Å². The van der Waals surface area contributed by atoms with Gasteiger partial charge in [-0.2, -0.15) is 0 Å². The number of nitrogens with zero attached hydrogens (tertiary/aromatic N) is 2. The Balaban J connectivity index is 1.58. The number of para-hydroxylation sites is 1. The van der Waals surface area contributed by atoms with Crippen LogP contribution >= 0.6 is 0 Å². The van der Waals surface area contributed by atoms with Crippen LogP contribution in [0.15, 0.2) is 61.1 Å². The largest absolute Gasteiger partial charge is 0.486 e. The van der Waals surface area contributed by atoms with Gasteiger partial charge in [0.1, 0.15) is 18.9 Å². The number of nitrogens with one attached hydrogen (secondary N) is 1. The highest BCUT2D eigenvalue weighted by atomic mass is 16.6. The van der Waals surface area contributed by atoms with E-state index in [1.807, 2.05) is 30.3 Å². The van der Waals surface area contributed by atoms with Crippen molar-refractivity contribution in [2.24, 2.45) is 0 Å². The Bertz CT molecular complexity index is 874. The van der Waals surface area contributed by atoms with Crippen LogP contribution in [0.25, 0.3) is 5.69 Å². The van der Waals surface area contributed by atoms with Crippen LogP contribution in [0.4, 0.5) is 5.69 Å². The monoisotopic (exact) mass is 321 g/mol. The quantitative estimate of drug-likeness (QED) is 0.805. The molecular weight excluding hydrogens is 306 g/mol. The minimum absolute atomic E-state index is 0.243. The Kier molecular flexibility index (Phi) is 3.63. The molecule has 1 aliphatic heterocycles. The van der Waals surface area contributed by atoms with Crippen molar-refractivity contribution in [3.05, 3.63) is 66.7 Å². The summed E-state index contributed by atoms with van der Waals surface area (Å²) in [6, 6.07) is 14.9. The molecule has 2 aromatic carbocycles. The molecule has 1 aromatic heterocycles. The summed E-state index contributed by atoms with van der Waals surface area (Å²) in [5.74, 6) is 1.08. The molecule has 0 unspecified atom stereocenters. The fourth-order valence-electron chi connectivity index (χ4n) is 2.57. The van der Waals surface area contributed by atoms with Crippen molar-refractivity contribution in [1.29, 1.82) is 0 Å². The third-order valence-corrected chi connectivity index (χ3v) is 3.71. The molecule has 4 rings (SSSR count). The number of carbonyl (C=O) groups is 1. The molecule has 0 saturated heterocycles. The van der Waals surface area contributed by atoms with E-state index >= 15 is 0 Å². The average molecular weight is 321 g/mol. The van der Waals surface area contributed by atoms with E-state index in [9.17, 15) is 4.79 Å². The highest BCUT2D eigenvalue weighted by Gasteiger charge is 2.16. The summed E-state index contributed by atoms with van der Waals surface area (Å²) < 4.78 is 12.8. The van der Waals surface area contributed by atoms with Crippen LogP contribution in [0.1, 0.15) is 10.5 Å². The summed E-state index contributed by atoms with van der Waals surface area (Å²) >= 11 is 0. The van der Waals surface area contributed by atoms with Gasteiger partial charge in [-0.1, -0.05) is 18.2 Å². The first-order valence-electron chi connectivity index (χ1n) is 7.60. The molecule has 1 N–H and O–H groups in total. The first-order chi connectivity index (χ1) is 11.8. The fraction of sp³-hybridized carbons (Fsp3) is 0.111. The highest BCUT2D eigenvalue weighted by Crippen LogP contribution is 2.32. The van der Waals surface area contributed by atoms with Crippen LogP contribution < -0.4 is 14.8 Å².